The Morgan fingerprint density at radius 1 is 1.29 bits per heavy atom. The molecule has 0 unspecified atom stereocenters. The molecule has 5 nitrogen and oxygen atoms in total. The second-order valence-corrected chi connectivity index (χ2v) is 4.60. The van der Waals surface area contributed by atoms with Crippen LogP contribution in [0.3, 0.4) is 0 Å². The fraction of sp³-hybridized carbons (Fsp3) is 0.250. The predicted molar refractivity (Wildman–Crippen MR) is 80.4 cm³/mol. The quantitative estimate of drug-likeness (QED) is 0.880. The third-order valence-electron chi connectivity index (χ3n) is 3.25. The molecule has 0 bridgehead atoms. The second-order valence-electron chi connectivity index (χ2n) is 4.60. The summed E-state index contributed by atoms with van der Waals surface area (Å²) in [7, 11) is 1.58. The van der Waals surface area contributed by atoms with Crippen LogP contribution in [-0.2, 0) is 9.53 Å². The highest BCUT2D eigenvalue weighted by atomic mass is 16.5. The zero-order valence-electron chi connectivity index (χ0n) is 11.7. The smallest absolute Gasteiger partial charge is 0.323 e. The SMILES string of the molecule is COCCN(CC(=O)O)c1ccc(C#N)c2ccccc12. The van der Waals surface area contributed by atoms with Gasteiger partial charge < -0.3 is 14.7 Å². The van der Waals surface area contributed by atoms with E-state index in [0.717, 1.165) is 16.5 Å². The fourth-order valence-corrected chi connectivity index (χ4v) is 2.31. The number of hydrogen-bond acceptors (Lipinski definition) is 4. The molecule has 0 saturated carbocycles. The predicted octanol–water partition coefficient (Wildman–Crippen LogP) is 2.25. The van der Waals surface area contributed by atoms with Crippen LogP contribution in [0, 0.1) is 11.3 Å². The number of carboxylic acids is 1. The first-order valence-electron chi connectivity index (χ1n) is 6.55. The van der Waals surface area contributed by atoms with Crippen molar-refractivity contribution in [2.24, 2.45) is 0 Å². The van der Waals surface area contributed by atoms with Gasteiger partial charge >= 0.3 is 5.97 Å². The van der Waals surface area contributed by atoms with Gasteiger partial charge in [0.25, 0.3) is 0 Å². The van der Waals surface area contributed by atoms with Gasteiger partial charge in [-0.25, -0.2) is 0 Å². The summed E-state index contributed by atoms with van der Waals surface area (Å²) in [5, 5.41) is 20.0. The maximum absolute atomic E-state index is 11.1. The van der Waals surface area contributed by atoms with Crippen molar-refractivity contribution in [1.82, 2.24) is 0 Å². The van der Waals surface area contributed by atoms with E-state index < -0.39 is 5.97 Å². The van der Waals surface area contributed by atoms with E-state index in [4.69, 9.17) is 9.84 Å². The molecule has 0 saturated heterocycles. The van der Waals surface area contributed by atoms with Gasteiger partial charge in [0.2, 0.25) is 0 Å². The molecule has 0 atom stereocenters. The van der Waals surface area contributed by atoms with Crippen molar-refractivity contribution >= 4 is 22.4 Å². The molecule has 0 amide bonds. The molecule has 2 aromatic carbocycles. The lowest BCUT2D eigenvalue weighted by molar-refractivity contribution is -0.135. The second kappa shape index (κ2) is 6.73. The molecular formula is C16H16N2O3. The monoisotopic (exact) mass is 284 g/mol. The van der Waals surface area contributed by atoms with Crippen LogP contribution in [0.4, 0.5) is 5.69 Å². The summed E-state index contributed by atoms with van der Waals surface area (Å²) >= 11 is 0. The summed E-state index contributed by atoms with van der Waals surface area (Å²) in [5.41, 5.74) is 1.38. The summed E-state index contributed by atoms with van der Waals surface area (Å²) in [6.45, 7) is 0.791. The Labute approximate surface area is 123 Å². The normalized spacial score (nSPS) is 10.3. The largest absolute Gasteiger partial charge is 0.480 e. The molecule has 2 aromatic rings. The van der Waals surface area contributed by atoms with Crippen molar-refractivity contribution in [3.8, 4) is 6.07 Å². The molecule has 0 aliphatic rings. The highest BCUT2D eigenvalue weighted by Gasteiger charge is 2.14. The number of anilines is 1. The van der Waals surface area contributed by atoms with Gasteiger partial charge in [-0.05, 0) is 12.1 Å². The minimum atomic E-state index is -0.903. The summed E-state index contributed by atoms with van der Waals surface area (Å²) in [5.74, 6) is -0.903. The Hall–Kier alpha value is -2.58. The minimum Gasteiger partial charge on any atom is -0.480 e. The van der Waals surface area contributed by atoms with Crippen LogP contribution in [0.15, 0.2) is 36.4 Å². The third kappa shape index (κ3) is 3.30. The van der Waals surface area contributed by atoms with E-state index in [1.807, 2.05) is 24.3 Å². The highest BCUT2D eigenvalue weighted by Crippen LogP contribution is 2.29. The lowest BCUT2D eigenvalue weighted by atomic mass is 10.0. The van der Waals surface area contributed by atoms with E-state index in [0.29, 0.717) is 18.7 Å². The molecule has 0 aliphatic heterocycles. The van der Waals surface area contributed by atoms with Crippen molar-refractivity contribution in [2.45, 2.75) is 0 Å². The van der Waals surface area contributed by atoms with Gasteiger partial charge in [-0.1, -0.05) is 24.3 Å². The Kier molecular flexibility index (Phi) is 4.75. The van der Waals surface area contributed by atoms with Crippen LogP contribution in [0.2, 0.25) is 0 Å². The Morgan fingerprint density at radius 2 is 2.00 bits per heavy atom. The van der Waals surface area contributed by atoms with Crippen LogP contribution in [-0.4, -0.2) is 37.9 Å². The first kappa shape index (κ1) is 14.8. The lowest BCUT2D eigenvalue weighted by Gasteiger charge is -2.24. The average Bonchev–Trinajstić information content (AvgIpc) is 2.50. The number of carbonyl (C=O) groups is 1. The highest BCUT2D eigenvalue weighted by molar-refractivity contribution is 5.98. The summed E-state index contributed by atoms with van der Waals surface area (Å²) in [6.07, 6.45) is 0. The summed E-state index contributed by atoms with van der Waals surface area (Å²) in [4.78, 5) is 12.8. The van der Waals surface area contributed by atoms with Crippen molar-refractivity contribution in [3.05, 3.63) is 42.0 Å². The number of nitrogens with zero attached hydrogens (tertiary/aromatic N) is 2. The molecule has 0 heterocycles. The van der Waals surface area contributed by atoms with Crippen LogP contribution in [0.25, 0.3) is 10.8 Å². The molecule has 2 rings (SSSR count). The van der Waals surface area contributed by atoms with Crippen molar-refractivity contribution in [2.75, 3.05) is 31.7 Å². The van der Waals surface area contributed by atoms with Gasteiger partial charge in [0, 0.05) is 30.1 Å². The lowest BCUT2D eigenvalue weighted by Crippen LogP contribution is -2.32. The fourth-order valence-electron chi connectivity index (χ4n) is 2.31. The molecule has 0 fully saturated rings. The van der Waals surface area contributed by atoms with Crippen LogP contribution >= 0.6 is 0 Å². The molecule has 0 radical (unpaired) electrons. The molecule has 1 N–H and O–H groups in total. The number of methoxy groups -OCH3 is 1. The zero-order valence-corrected chi connectivity index (χ0v) is 11.7. The topological polar surface area (TPSA) is 73.6 Å². The number of fused-ring (bicyclic) bond motifs is 1. The molecule has 0 aromatic heterocycles. The molecule has 0 aliphatic carbocycles. The van der Waals surface area contributed by atoms with Crippen LogP contribution < -0.4 is 4.90 Å². The first-order chi connectivity index (χ1) is 10.2. The summed E-state index contributed by atoms with van der Waals surface area (Å²) < 4.78 is 5.05. The van der Waals surface area contributed by atoms with E-state index in [1.165, 1.54) is 0 Å². The van der Waals surface area contributed by atoms with Gasteiger partial charge in [-0.15, -0.1) is 0 Å². The maximum atomic E-state index is 11.1. The van der Waals surface area contributed by atoms with Gasteiger partial charge in [0.05, 0.1) is 18.2 Å². The van der Waals surface area contributed by atoms with E-state index >= 15 is 0 Å². The standard InChI is InChI=1S/C16H16N2O3/c1-21-9-8-18(11-16(19)20)15-7-6-12(10-17)13-4-2-3-5-14(13)15/h2-7H,8-9,11H2,1H3,(H,19,20). The number of nitriles is 1. The average molecular weight is 284 g/mol. The van der Waals surface area contributed by atoms with Crippen LogP contribution in [0.5, 0.6) is 0 Å². The molecule has 21 heavy (non-hydrogen) atoms. The Morgan fingerprint density at radius 3 is 2.62 bits per heavy atom. The molecular weight excluding hydrogens is 268 g/mol. The van der Waals surface area contributed by atoms with Gasteiger partial charge in [0.15, 0.2) is 0 Å². The maximum Gasteiger partial charge on any atom is 0.323 e. The zero-order chi connectivity index (χ0) is 15.2. The number of hydrogen-bond donors (Lipinski definition) is 1. The van der Waals surface area contributed by atoms with E-state index in [-0.39, 0.29) is 6.54 Å². The van der Waals surface area contributed by atoms with Crippen molar-refractivity contribution in [1.29, 1.82) is 5.26 Å². The van der Waals surface area contributed by atoms with Crippen LogP contribution in [0.1, 0.15) is 5.56 Å². The van der Waals surface area contributed by atoms with E-state index in [2.05, 4.69) is 6.07 Å². The Bertz CT molecular complexity index is 691. The van der Waals surface area contributed by atoms with Gasteiger partial charge in [-0.2, -0.15) is 5.26 Å². The first-order valence-corrected chi connectivity index (χ1v) is 6.55. The van der Waals surface area contributed by atoms with E-state index in [9.17, 15) is 10.1 Å². The minimum absolute atomic E-state index is 0.112. The Balaban J connectivity index is 2.52. The van der Waals surface area contributed by atoms with Crippen molar-refractivity contribution in [3.63, 3.8) is 0 Å². The van der Waals surface area contributed by atoms with Gasteiger partial charge in [-0.3, -0.25) is 4.79 Å². The summed E-state index contributed by atoms with van der Waals surface area (Å²) in [6, 6.07) is 13.2. The van der Waals surface area contributed by atoms with Gasteiger partial charge in [0.1, 0.15) is 6.54 Å². The molecule has 0 spiro atoms. The number of carboxylic acid groups (broad SMARTS) is 1. The number of rotatable bonds is 6. The number of ether oxygens (including phenoxy) is 1. The number of benzene rings is 2. The van der Waals surface area contributed by atoms with E-state index in [1.54, 1.807) is 24.1 Å². The molecule has 108 valence electrons. The third-order valence-corrected chi connectivity index (χ3v) is 3.25. The number of aliphatic carboxylic acids is 1. The van der Waals surface area contributed by atoms with Crippen molar-refractivity contribution < 1.29 is 14.6 Å². The molecule has 5 heteroatoms.